The Morgan fingerprint density at radius 2 is 1.73 bits per heavy atom. The summed E-state index contributed by atoms with van der Waals surface area (Å²) in [4.78, 5) is 18.9. The molecule has 3 nitrogen and oxygen atoms in total. The van der Waals surface area contributed by atoms with Gasteiger partial charge in [0.05, 0.1) is 11.0 Å². The molecule has 0 saturated carbocycles. The molecule has 0 amide bonds. The lowest BCUT2D eigenvalue weighted by atomic mass is 10.1. The van der Waals surface area contributed by atoms with Gasteiger partial charge in [0.15, 0.2) is 4.96 Å². The van der Waals surface area contributed by atoms with Crippen LogP contribution < -0.4 is 5.56 Å². The molecule has 0 aliphatic rings. The molecular weight excluding hydrogens is 292 g/mol. The van der Waals surface area contributed by atoms with Crippen LogP contribution in [0.3, 0.4) is 0 Å². The van der Waals surface area contributed by atoms with E-state index in [2.05, 4.69) is 18.8 Å². The molecule has 4 heteroatoms. The van der Waals surface area contributed by atoms with Gasteiger partial charge in [0.2, 0.25) is 0 Å². The Balaban J connectivity index is 2.07. The van der Waals surface area contributed by atoms with Crippen LogP contribution in [0.2, 0.25) is 0 Å². The standard InChI is InChI=1S/C18H14N2OS/c1-11-8-14-15(9-12(11)2)20-17(21)10-16(22-18(20)19-14)13-6-4-3-5-7-13/h3-10H,1-2H3. The SMILES string of the molecule is Cc1cc2nc3sc(-c4ccccc4)cc(=O)n3c2cc1C. The van der Waals surface area contributed by atoms with Gasteiger partial charge in [-0.15, -0.1) is 0 Å². The molecule has 0 bridgehead atoms. The molecule has 0 spiro atoms. The van der Waals surface area contributed by atoms with Gasteiger partial charge < -0.3 is 0 Å². The molecule has 0 unspecified atom stereocenters. The molecule has 4 rings (SSSR count). The van der Waals surface area contributed by atoms with Crippen LogP contribution in [-0.4, -0.2) is 9.38 Å². The average molecular weight is 306 g/mol. The van der Waals surface area contributed by atoms with E-state index in [0.29, 0.717) is 0 Å². The van der Waals surface area contributed by atoms with Crippen molar-refractivity contribution in [3.63, 3.8) is 0 Å². The maximum absolute atomic E-state index is 12.6. The van der Waals surface area contributed by atoms with E-state index in [9.17, 15) is 4.79 Å². The summed E-state index contributed by atoms with van der Waals surface area (Å²) in [5, 5.41) is 0. The number of hydrogen-bond donors (Lipinski definition) is 0. The number of nitrogens with zero attached hydrogens (tertiary/aromatic N) is 2. The van der Waals surface area contributed by atoms with E-state index in [0.717, 1.165) is 26.4 Å². The summed E-state index contributed by atoms with van der Waals surface area (Å²) in [5.41, 5.74) is 5.15. The summed E-state index contributed by atoms with van der Waals surface area (Å²) < 4.78 is 1.71. The number of fused-ring (bicyclic) bond motifs is 3. The molecule has 2 aromatic heterocycles. The zero-order chi connectivity index (χ0) is 15.3. The zero-order valence-electron chi connectivity index (χ0n) is 12.3. The molecule has 0 aliphatic heterocycles. The summed E-state index contributed by atoms with van der Waals surface area (Å²) in [7, 11) is 0. The van der Waals surface area contributed by atoms with E-state index >= 15 is 0 Å². The van der Waals surface area contributed by atoms with Crippen molar-refractivity contribution in [2.24, 2.45) is 0 Å². The maximum Gasteiger partial charge on any atom is 0.258 e. The lowest BCUT2D eigenvalue weighted by molar-refractivity contribution is 1.18. The predicted molar refractivity (Wildman–Crippen MR) is 91.8 cm³/mol. The Bertz CT molecular complexity index is 1060. The van der Waals surface area contributed by atoms with Crippen LogP contribution in [0.15, 0.2) is 53.3 Å². The Hall–Kier alpha value is -2.46. The average Bonchev–Trinajstić information content (AvgIpc) is 2.86. The van der Waals surface area contributed by atoms with Gasteiger partial charge in [-0.3, -0.25) is 9.20 Å². The number of hydrogen-bond acceptors (Lipinski definition) is 3. The highest BCUT2D eigenvalue weighted by Gasteiger charge is 2.11. The van der Waals surface area contributed by atoms with Crippen molar-refractivity contribution in [2.75, 3.05) is 0 Å². The minimum absolute atomic E-state index is 0.0293. The van der Waals surface area contributed by atoms with Gasteiger partial charge in [-0.05, 0) is 42.7 Å². The summed E-state index contributed by atoms with van der Waals surface area (Å²) in [5.74, 6) is 0. The maximum atomic E-state index is 12.6. The fraction of sp³-hybridized carbons (Fsp3) is 0.111. The van der Waals surface area contributed by atoms with Gasteiger partial charge in [0, 0.05) is 10.9 Å². The largest absolute Gasteiger partial charge is 0.269 e. The summed E-state index contributed by atoms with van der Waals surface area (Å²) in [6.45, 7) is 4.12. The van der Waals surface area contributed by atoms with Crippen molar-refractivity contribution in [3.05, 3.63) is 70.0 Å². The third-order valence-electron chi connectivity index (χ3n) is 3.97. The van der Waals surface area contributed by atoms with E-state index in [1.807, 2.05) is 42.5 Å². The minimum Gasteiger partial charge on any atom is -0.269 e. The number of rotatable bonds is 1. The van der Waals surface area contributed by atoms with Gasteiger partial charge in [-0.25, -0.2) is 4.98 Å². The number of aryl methyl sites for hydroxylation is 2. The van der Waals surface area contributed by atoms with Crippen LogP contribution in [0, 0.1) is 13.8 Å². The van der Waals surface area contributed by atoms with Crippen LogP contribution >= 0.6 is 11.3 Å². The Morgan fingerprint density at radius 3 is 2.50 bits per heavy atom. The molecule has 4 aromatic rings. The van der Waals surface area contributed by atoms with Crippen molar-refractivity contribution in [1.29, 1.82) is 0 Å². The van der Waals surface area contributed by atoms with Crippen molar-refractivity contribution in [3.8, 4) is 10.4 Å². The zero-order valence-corrected chi connectivity index (χ0v) is 13.1. The number of aromatic nitrogens is 2. The molecule has 22 heavy (non-hydrogen) atoms. The Labute approximate surface area is 131 Å². The van der Waals surface area contributed by atoms with Crippen LogP contribution in [0.5, 0.6) is 0 Å². The van der Waals surface area contributed by atoms with Gasteiger partial charge in [0.25, 0.3) is 5.56 Å². The predicted octanol–water partition coefficient (Wildman–Crippen LogP) is 4.19. The highest BCUT2D eigenvalue weighted by molar-refractivity contribution is 7.20. The second kappa shape index (κ2) is 4.78. The van der Waals surface area contributed by atoms with Gasteiger partial charge in [-0.1, -0.05) is 41.7 Å². The van der Waals surface area contributed by atoms with Crippen LogP contribution in [0.1, 0.15) is 11.1 Å². The summed E-state index contributed by atoms with van der Waals surface area (Å²) in [6.07, 6.45) is 0. The molecule has 0 N–H and O–H groups in total. The molecule has 108 valence electrons. The third-order valence-corrected chi connectivity index (χ3v) is 5.00. The molecule has 2 aromatic carbocycles. The normalized spacial score (nSPS) is 11.4. The highest BCUT2D eigenvalue weighted by Crippen LogP contribution is 2.27. The first-order chi connectivity index (χ1) is 10.6. The second-order valence-electron chi connectivity index (χ2n) is 5.47. The molecule has 0 atom stereocenters. The Morgan fingerprint density at radius 1 is 1.00 bits per heavy atom. The fourth-order valence-corrected chi connectivity index (χ4v) is 3.68. The van der Waals surface area contributed by atoms with Crippen molar-refractivity contribution < 1.29 is 0 Å². The number of imidazole rings is 1. The molecular formula is C18H14N2OS. The fourth-order valence-electron chi connectivity index (χ4n) is 2.64. The van der Waals surface area contributed by atoms with Gasteiger partial charge in [0.1, 0.15) is 0 Å². The van der Waals surface area contributed by atoms with E-state index in [4.69, 9.17) is 0 Å². The van der Waals surface area contributed by atoms with E-state index in [1.54, 1.807) is 21.8 Å². The van der Waals surface area contributed by atoms with Crippen molar-refractivity contribution in [1.82, 2.24) is 9.38 Å². The third kappa shape index (κ3) is 1.96. The second-order valence-corrected chi connectivity index (χ2v) is 6.48. The molecule has 2 heterocycles. The van der Waals surface area contributed by atoms with E-state index < -0.39 is 0 Å². The van der Waals surface area contributed by atoms with E-state index in [-0.39, 0.29) is 5.56 Å². The highest BCUT2D eigenvalue weighted by atomic mass is 32.1. The molecule has 0 fully saturated rings. The summed E-state index contributed by atoms with van der Waals surface area (Å²) in [6, 6.07) is 15.7. The van der Waals surface area contributed by atoms with Crippen LogP contribution in [0.25, 0.3) is 26.4 Å². The van der Waals surface area contributed by atoms with Crippen molar-refractivity contribution >= 4 is 27.3 Å². The minimum atomic E-state index is -0.0293. The molecule has 0 saturated heterocycles. The van der Waals surface area contributed by atoms with Gasteiger partial charge in [-0.2, -0.15) is 0 Å². The topological polar surface area (TPSA) is 34.4 Å². The molecule has 0 radical (unpaired) electrons. The van der Waals surface area contributed by atoms with Crippen LogP contribution in [0.4, 0.5) is 0 Å². The Kier molecular flexibility index (Phi) is 2.87. The smallest absolute Gasteiger partial charge is 0.258 e. The lowest BCUT2D eigenvalue weighted by Gasteiger charge is -2.01. The summed E-state index contributed by atoms with van der Waals surface area (Å²) >= 11 is 1.54. The van der Waals surface area contributed by atoms with Gasteiger partial charge >= 0.3 is 0 Å². The first kappa shape index (κ1) is 13.2. The van der Waals surface area contributed by atoms with E-state index in [1.165, 1.54) is 11.1 Å². The number of benzene rings is 2. The van der Waals surface area contributed by atoms with Crippen molar-refractivity contribution in [2.45, 2.75) is 13.8 Å². The monoisotopic (exact) mass is 306 g/mol. The lowest BCUT2D eigenvalue weighted by Crippen LogP contribution is -2.10. The molecule has 0 aliphatic carbocycles. The van der Waals surface area contributed by atoms with Crippen LogP contribution in [-0.2, 0) is 0 Å². The first-order valence-corrected chi connectivity index (χ1v) is 7.94. The first-order valence-electron chi connectivity index (χ1n) is 7.12. The quantitative estimate of drug-likeness (QED) is 0.528.